The van der Waals surface area contributed by atoms with Crippen molar-refractivity contribution in [2.24, 2.45) is 0 Å². The van der Waals surface area contributed by atoms with E-state index < -0.39 is 0 Å². The van der Waals surface area contributed by atoms with Crippen LogP contribution in [0, 0.1) is 0 Å². The summed E-state index contributed by atoms with van der Waals surface area (Å²) in [6.45, 7) is 0.374. The van der Waals surface area contributed by atoms with E-state index in [2.05, 4.69) is 10.3 Å². The highest BCUT2D eigenvalue weighted by atomic mass is 35.5. The summed E-state index contributed by atoms with van der Waals surface area (Å²) in [6, 6.07) is 18.5. The van der Waals surface area contributed by atoms with Gasteiger partial charge in [0.1, 0.15) is 16.5 Å². The summed E-state index contributed by atoms with van der Waals surface area (Å²) < 4.78 is 11.9. The van der Waals surface area contributed by atoms with Crippen molar-refractivity contribution in [3.63, 3.8) is 0 Å². The van der Waals surface area contributed by atoms with Gasteiger partial charge in [-0.15, -0.1) is 0 Å². The Morgan fingerprint density at radius 3 is 2.57 bits per heavy atom. The zero-order valence-electron chi connectivity index (χ0n) is 16.4. The highest BCUT2D eigenvalue weighted by Gasteiger charge is 2.16. The predicted octanol–water partition coefficient (Wildman–Crippen LogP) is 4.19. The molecule has 8 heteroatoms. The summed E-state index contributed by atoms with van der Waals surface area (Å²) in [6.07, 6.45) is 1.57. The number of methoxy groups -OCH3 is 1. The number of nitrogens with zero attached hydrogens (tertiary/aromatic N) is 4. The largest absolute Gasteiger partial charge is 0.497 e. The molecule has 0 atom stereocenters. The van der Waals surface area contributed by atoms with Gasteiger partial charge in [-0.25, -0.2) is 0 Å². The van der Waals surface area contributed by atoms with Crippen LogP contribution in [0.2, 0.25) is 5.02 Å². The molecule has 4 rings (SSSR count). The lowest BCUT2D eigenvalue weighted by atomic mass is 10.1. The Bertz CT molecular complexity index is 1200. The molecule has 152 valence electrons. The van der Waals surface area contributed by atoms with E-state index in [0.717, 1.165) is 11.3 Å². The van der Waals surface area contributed by atoms with E-state index in [4.69, 9.17) is 20.9 Å². The lowest BCUT2D eigenvalue weighted by Crippen LogP contribution is -2.26. The van der Waals surface area contributed by atoms with Crippen LogP contribution >= 0.6 is 11.6 Å². The molecule has 0 saturated heterocycles. The van der Waals surface area contributed by atoms with Crippen LogP contribution in [0.1, 0.15) is 5.76 Å². The highest BCUT2D eigenvalue weighted by Crippen LogP contribution is 2.25. The van der Waals surface area contributed by atoms with Gasteiger partial charge >= 0.3 is 0 Å². The Hall–Kier alpha value is -3.58. The third-order valence-corrected chi connectivity index (χ3v) is 5.01. The predicted molar refractivity (Wildman–Crippen MR) is 115 cm³/mol. The summed E-state index contributed by atoms with van der Waals surface area (Å²) in [7, 11) is 3.43. The first-order chi connectivity index (χ1) is 14.6. The molecular formula is C22H19ClN4O3. The lowest BCUT2D eigenvalue weighted by molar-refractivity contribution is 0.385. The van der Waals surface area contributed by atoms with E-state index in [1.54, 1.807) is 30.3 Å². The molecule has 2 aromatic heterocycles. The van der Waals surface area contributed by atoms with Crippen molar-refractivity contribution in [1.82, 2.24) is 14.9 Å². The minimum absolute atomic E-state index is 0.0891. The van der Waals surface area contributed by atoms with Gasteiger partial charge in [-0.05, 0) is 36.4 Å². The van der Waals surface area contributed by atoms with Crippen LogP contribution in [0.25, 0.3) is 16.9 Å². The van der Waals surface area contributed by atoms with E-state index in [1.807, 2.05) is 55.6 Å². The van der Waals surface area contributed by atoms with Gasteiger partial charge in [0, 0.05) is 18.7 Å². The molecule has 0 amide bonds. The van der Waals surface area contributed by atoms with Crippen molar-refractivity contribution in [2.45, 2.75) is 6.54 Å². The molecule has 0 N–H and O–H groups in total. The van der Waals surface area contributed by atoms with Crippen LogP contribution in [0.5, 0.6) is 5.75 Å². The maximum absolute atomic E-state index is 12.7. The van der Waals surface area contributed by atoms with Crippen molar-refractivity contribution in [3.05, 3.63) is 88.0 Å². The number of rotatable bonds is 6. The first-order valence-electron chi connectivity index (χ1n) is 9.21. The van der Waals surface area contributed by atoms with Crippen LogP contribution < -0.4 is 15.2 Å². The molecule has 0 saturated carbocycles. The Morgan fingerprint density at radius 2 is 1.87 bits per heavy atom. The summed E-state index contributed by atoms with van der Waals surface area (Å²) >= 11 is 6.37. The number of aromatic nitrogens is 3. The zero-order valence-corrected chi connectivity index (χ0v) is 17.2. The van der Waals surface area contributed by atoms with Gasteiger partial charge in [0.05, 0.1) is 31.2 Å². The van der Waals surface area contributed by atoms with E-state index in [0.29, 0.717) is 29.4 Å². The van der Waals surface area contributed by atoms with Crippen LogP contribution in [0.15, 0.2) is 76.2 Å². The number of ether oxygens (including phenoxy) is 1. The molecule has 0 aliphatic carbocycles. The molecule has 0 fully saturated rings. The van der Waals surface area contributed by atoms with Crippen LogP contribution in [-0.4, -0.2) is 29.1 Å². The zero-order chi connectivity index (χ0) is 21.1. The molecule has 0 aliphatic heterocycles. The van der Waals surface area contributed by atoms with Gasteiger partial charge in [-0.1, -0.05) is 35.0 Å². The Kier molecular flexibility index (Phi) is 5.54. The van der Waals surface area contributed by atoms with Gasteiger partial charge in [0.2, 0.25) is 0 Å². The van der Waals surface area contributed by atoms with Crippen molar-refractivity contribution < 1.29 is 9.26 Å². The molecule has 0 unspecified atom stereocenters. The fraction of sp³-hybridized carbons (Fsp3) is 0.136. The molecular weight excluding hydrogens is 404 g/mol. The van der Waals surface area contributed by atoms with Gasteiger partial charge < -0.3 is 14.2 Å². The summed E-state index contributed by atoms with van der Waals surface area (Å²) in [5.41, 5.74) is 2.40. The van der Waals surface area contributed by atoms with Gasteiger partial charge in [0.25, 0.3) is 5.56 Å². The monoisotopic (exact) mass is 422 g/mol. The average molecular weight is 423 g/mol. The molecule has 0 bridgehead atoms. The standard InChI is InChI=1S/C22H19ClN4O3/c1-26(14-18-12-19(25-30-18)15-8-10-17(29-2)11-9-15)20-13-24-27(22(28)21(20)23)16-6-4-3-5-7-16/h3-13H,14H2,1-2H3. The molecule has 0 spiro atoms. The Morgan fingerprint density at radius 1 is 1.13 bits per heavy atom. The van der Waals surface area contributed by atoms with E-state index >= 15 is 0 Å². The molecule has 30 heavy (non-hydrogen) atoms. The summed E-state index contributed by atoms with van der Waals surface area (Å²) in [5.74, 6) is 1.40. The number of halogens is 1. The van der Waals surface area contributed by atoms with E-state index in [-0.39, 0.29) is 10.6 Å². The second kappa shape index (κ2) is 8.42. The number of anilines is 1. The molecule has 0 radical (unpaired) electrons. The SMILES string of the molecule is COc1ccc(-c2cc(CN(C)c3cnn(-c4ccccc4)c(=O)c3Cl)on2)cc1. The Labute approximate surface area is 178 Å². The molecule has 2 heterocycles. The molecule has 4 aromatic rings. The number of hydrogen-bond donors (Lipinski definition) is 0. The second-order valence-electron chi connectivity index (χ2n) is 6.66. The third kappa shape index (κ3) is 3.92. The summed E-state index contributed by atoms with van der Waals surface area (Å²) in [4.78, 5) is 14.5. The minimum atomic E-state index is -0.385. The van der Waals surface area contributed by atoms with Gasteiger partial charge in [-0.3, -0.25) is 4.79 Å². The van der Waals surface area contributed by atoms with Crippen LogP contribution in [-0.2, 0) is 6.54 Å². The molecule has 7 nitrogen and oxygen atoms in total. The Balaban J connectivity index is 1.54. The van der Waals surface area contributed by atoms with Crippen LogP contribution in [0.3, 0.4) is 0 Å². The van der Waals surface area contributed by atoms with Crippen molar-refractivity contribution in [2.75, 3.05) is 19.1 Å². The number of benzene rings is 2. The first-order valence-corrected chi connectivity index (χ1v) is 9.59. The second-order valence-corrected chi connectivity index (χ2v) is 7.04. The number of para-hydroxylation sites is 1. The quantitative estimate of drug-likeness (QED) is 0.464. The van der Waals surface area contributed by atoms with Crippen LogP contribution in [0.4, 0.5) is 5.69 Å². The van der Waals surface area contributed by atoms with Crippen molar-refractivity contribution >= 4 is 17.3 Å². The van der Waals surface area contributed by atoms with Crippen molar-refractivity contribution in [3.8, 4) is 22.7 Å². The van der Waals surface area contributed by atoms with Crippen molar-refractivity contribution in [1.29, 1.82) is 0 Å². The fourth-order valence-electron chi connectivity index (χ4n) is 3.05. The van der Waals surface area contributed by atoms with E-state index in [1.165, 1.54) is 4.68 Å². The normalized spacial score (nSPS) is 10.8. The average Bonchev–Trinajstić information content (AvgIpc) is 3.24. The highest BCUT2D eigenvalue weighted by molar-refractivity contribution is 6.33. The maximum atomic E-state index is 12.7. The van der Waals surface area contributed by atoms with Gasteiger partial charge in [0.15, 0.2) is 5.76 Å². The topological polar surface area (TPSA) is 73.4 Å². The molecule has 2 aromatic carbocycles. The third-order valence-electron chi connectivity index (χ3n) is 4.65. The number of hydrogen-bond acceptors (Lipinski definition) is 6. The minimum Gasteiger partial charge on any atom is -0.497 e. The maximum Gasteiger partial charge on any atom is 0.292 e. The fourth-order valence-corrected chi connectivity index (χ4v) is 3.32. The van der Waals surface area contributed by atoms with E-state index in [9.17, 15) is 4.79 Å². The first kappa shape index (κ1) is 19.7. The van der Waals surface area contributed by atoms with Gasteiger partial charge in [-0.2, -0.15) is 9.78 Å². The summed E-state index contributed by atoms with van der Waals surface area (Å²) in [5, 5.41) is 8.48. The molecule has 0 aliphatic rings. The smallest absolute Gasteiger partial charge is 0.292 e. The lowest BCUT2D eigenvalue weighted by Gasteiger charge is -2.18.